The molecule has 0 saturated heterocycles. The molecule has 172 valence electrons. The average Bonchev–Trinajstić information content (AvgIpc) is 3.10. The van der Waals surface area contributed by atoms with Gasteiger partial charge in [-0.15, -0.1) is 0 Å². The van der Waals surface area contributed by atoms with Crippen molar-refractivity contribution in [2.75, 3.05) is 17.3 Å². The van der Waals surface area contributed by atoms with E-state index < -0.39 is 17.1 Å². The molecule has 2 amide bonds. The molecule has 33 heavy (non-hydrogen) atoms. The Hall–Kier alpha value is -3.24. The molecule has 1 aliphatic heterocycles. The number of pyridine rings is 1. The monoisotopic (exact) mass is 469 g/mol. The number of fused-ring (bicyclic) bond motifs is 1. The molecule has 2 aromatic heterocycles. The van der Waals surface area contributed by atoms with Crippen molar-refractivity contribution >= 4 is 28.8 Å². The van der Waals surface area contributed by atoms with Crippen LogP contribution in [0.1, 0.15) is 33.6 Å². The number of benzene rings is 1. The van der Waals surface area contributed by atoms with Crippen molar-refractivity contribution in [1.29, 1.82) is 0 Å². The average molecular weight is 470 g/mol. The van der Waals surface area contributed by atoms with Crippen LogP contribution in [-0.2, 0) is 28.8 Å². The van der Waals surface area contributed by atoms with Crippen molar-refractivity contribution < 1.29 is 18.5 Å². The summed E-state index contributed by atoms with van der Waals surface area (Å²) in [5.74, 6) is -0.656. The van der Waals surface area contributed by atoms with Crippen molar-refractivity contribution in [3.8, 4) is 5.82 Å². The second-order valence-corrected chi connectivity index (χ2v) is 9.52. The van der Waals surface area contributed by atoms with Gasteiger partial charge in [0.1, 0.15) is 11.4 Å². The Morgan fingerprint density at radius 3 is 2.88 bits per heavy atom. The number of amides is 2. The summed E-state index contributed by atoms with van der Waals surface area (Å²) in [6.07, 6.45) is 4.69. The van der Waals surface area contributed by atoms with Gasteiger partial charge in [-0.25, -0.2) is 9.37 Å². The molecule has 1 aromatic carbocycles. The summed E-state index contributed by atoms with van der Waals surface area (Å²) < 4.78 is 26.6. The lowest BCUT2D eigenvalue weighted by atomic mass is 9.95. The number of anilines is 1. The molecule has 10 heteroatoms. The minimum Gasteiger partial charge on any atom is -0.616 e. The van der Waals surface area contributed by atoms with Gasteiger partial charge < -0.3 is 15.2 Å². The highest BCUT2D eigenvalue weighted by Gasteiger charge is 2.33. The lowest BCUT2D eigenvalue weighted by Crippen LogP contribution is -2.41. The van der Waals surface area contributed by atoms with Crippen molar-refractivity contribution in [3.63, 3.8) is 0 Å². The van der Waals surface area contributed by atoms with Crippen molar-refractivity contribution in [1.82, 2.24) is 20.1 Å². The van der Waals surface area contributed by atoms with Crippen LogP contribution in [0.2, 0.25) is 0 Å². The van der Waals surface area contributed by atoms with Crippen molar-refractivity contribution in [2.24, 2.45) is 0 Å². The first kappa shape index (κ1) is 22.9. The maximum atomic E-state index is 13.7. The fourth-order valence-electron chi connectivity index (χ4n) is 3.97. The van der Waals surface area contributed by atoms with Gasteiger partial charge in [0.25, 0.3) is 11.8 Å². The molecule has 0 fully saturated rings. The Kier molecular flexibility index (Phi) is 6.75. The lowest BCUT2D eigenvalue weighted by molar-refractivity contribution is -0.113. The Bertz CT molecular complexity index is 1160. The summed E-state index contributed by atoms with van der Waals surface area (Å²) in [4.78, 5) is 29.7. The quantitative estimate of drug-likeness (QED) is 0.516. The molecule has 2 atom stereocenters. The van der Waals surface area contributed by atoms with E-state index in [1.54, 1.807) is 24.4 Å². The number of nitrogens with zero attached hydrogens (tertiary/aromatic N) is 3. The first-order valence-electron chi connectivity index (χ1n) is 10.5. The topological polar surface area (TPSA) is 112 Å². The van der Waals surface area contributed by atoms with Crippen molar-refractivity contribution in [2.45, 2.75) is 32.2 Å². The highest BCUT2D eigenvalue weighted by molar-refractivity contribution is 7.91. The van der Waals surface area contributed by atoms with Gasteiger partial charge in [-0.05, 0) is 66.3 Å². The largest absolute Gasteiger partial charge is 0.616 e. The van der Waals surface area contributed by atoms with E-state index in [-0.39, 0.29) is 34.9 Å². The first-order chi connectivity index (χ1) is 15.8. The maximum absolute atomic E-state index is 13.7. The van der Waals surface area contributed by atoms with E-state index in [1.165, 1.54) is 23.1 Å². The summed E-state index contributed by atoms with van der Waals surface area (Å²) in [5, 5.41) is 10.2. The molecule has 0 saturated carbocycles. The number of hydrogen-bond acceptors (Lipinski definition) is 5. The van der Waals surface area contributed by atoms with E-state index in [9.17, 15) is 18.5 Å². The molecule has 3 aromatic rings. The second-order valence-electron chi connectivity index (χ2n) is 8.09. The van der Waals surface area contributed by atoms with Crippen molar-refractivity contribution in [3.05, 3.63) is 70.8 Å². The predicted octanol–water partition coefficient (Wildman–Crippen LogP) is 2.32. The normalized spacial score (nSPS) is 16.1. The Morgan fingerprint density at radius 1 is 1.36 bits per heavy atom. The number of carbonyl (C=O) groups excluding carboxylic acids is 2. The van der Waals surface area contributed by atoms with Gasteiger partial charge in [0.05, 0.1) is 11.9 Å². The molecule has 1 aliphatic rings. The molecule has 1 unspecified atom stereocenters. The molecule has 2 N–H and O–H groups in total. The van der Waals surface area contributed by atoms with Crippen LogP contribution in [-0.4, -0.2) is 49.2 Å². The van der Waals surface area contributed by atoms with Crippen LogP contribution in [0.25, 0.3) is 5.82 Å². The van der Waals surface area contributed by atoms with E-state index in [2.05, 4.69) is 20.7 Å². The van der Waals surface area contributed by atoms with Crippen LogP contribution in [0.5, 0.6) is 0 Å². The number of carbonyl (C=O) groups is 2. The molecule has 0 spiro atoms. The Morgan fingerprint density at radius 2 is 2.18 bits per heavy atom. The number of rotatable bonds is 7. The van der Waals surface area contributed by atoms with Gasteiger partial charge in [-0.2, -0.15) is 9.78 Å². The summed E-state index contributed by atoms with van der Waals surface area (Å²) in [5.41, 5.74) is 2.53. The third kappa shape index (κ3) is 5.40. The molecule has 3 heterocycles. The zero-order valence-electron chi connectivity index (χ0n) is 18.3. The van der Waals surface area contributed by atoms with Crippen LogP contribution in [0.4, 0.5) is 10.2 Å². The molecular formula is C23H24FN5O3S. The summed E-state index contributed by atoms with van der Waals surface area (Å²) in [7, 11) is 0. The Labute approximate surface area is 193 Å². The third-order valence-corrected chi connectivity index (χ3v) is 5.97. The predicted molar refractivity (Wildman–Crippen MR) is 123 cm³/mol. The first-order valence-corrected chi connectivity index (χ1v) is 12.2. The smallest absolute Gasteiger partial charge is 0.275 e. The van der Waals surface area contributed by atoms with Crippen LogP contribution >= 0.6 is 0 Å². The van der Waals surface area contributed by atoms with E-state index in [0.29, 0.717) is 30.8 Å². The molecule has 0 bridgehead atoms. The zero-order valence-corrected chi connectivity index (χ0v) is 19.1. The number of aromatic nitrogens is 3. The molecule has 4 rings (SSSR count). The summed E-state index contributed by atoms with van der Waals surface area (Å²) in [6, 6.07) is 9.97. The van der Waals surface area contributed by atoms with Crippen LogP contribution in [0, 0.1) is 12.7 Å². The van der Waals surface area contributed by atoms with Gasteiger partial charge in [-0.3, -0.25) is 9.59 Å². The van der Waals surface area contributed by atoms with Gasteiger partial charge in [-0.1, -0.05) is 12.1 Å². The standard InChI is InChI=1S/C23H24FN5O3S/c1-14-9-15(11-16(24)10-14)6-7-17-12-18-21(23(31)26-17)22(27-20(30)13-33(2)32)29(28-18)19-5-3-4-8-25-19/h3-5,8-11,17H,6-7,12-13H2,1-2H3,(H,26,31)(H,27,30)/t17-,33?/m0/s1. The molecular weight excluding hydrogens is 445 g/mol. The fourth-order valence-corrected chi connectivity index (χ4v) is 4.41. The third-order valence-electron chi connectivity index (χ3n) is 5.30. The number of hydrogen-bond donors (Lipinski definition) is 2. The fraction of sp³-hybridized carbons (Fsp3) is 0.304. The van der Waals surface area contributed by atoms with Gasteiger partial charge in [0, 0.05) is 18.7 Å². The molecule has 8 nitrogen and oxygen atoms in total. The minimum absolute atomic E-state index is 0.188. The van der Waals surface area contributed by atoms with E-state index in [0.717, 1.165) is 11.1 Å². The maximum Gasteiger partial charge on any atom is 0.275 e. The number of halogens is 1. The van der Waals surface area contributed by atoms with Gasteiger partial charge in [0.15, 0.2) is 17.4 Å². The highest BCUT2D eigenvalue weighted by Crippen LogP contribution is 2.28. The second kappa shape index (κ2) is 9.72. The van der Waals surface area contributed by atoms with Crippen LogP contribution in [0.15, 0.2) is 42.6 Å². The van der Waals surface area contributed by atoms with Gasteiger partial charge in [0.2, 0.25) is 0 Å². The molecule has 0 radical (unpaired) electrons. The zero-order chi connectivity index (χ0) is 23.5. The number of aryl methyl sites for hydroxylation is 2. The summed E-state index contributed by atoms with van der Waals surface area (Å²) >= 11 is -1.33. The number of nitrogens with one attached hydrogen (secondary N) is 2. The van der Waals surface area contributed by atoms with Crippen LogP contribution < -0.4 is 10.6 Å². The molecule has 0 aliphatic carbocycles. The van der Waals surface area contributed by atoms with E-state index in [4.69, 9.17) is 0 Å². The highest BCUT2D eigenvalue weighted by atomic mass is 32.2. The minimum atomic E-state index is -1.33. The Balaban J connectivity index is 1.60. The van der Waals surface area contributed by atoms with E-state index in [1.807, 2.05) is 13.0 Å². The van der Waals surface area contributed by atoms with Gasteiger partial charge >= 0.3 is 0 Å². The van der Waals surface area contributed by atoms with Crippen LogP contribution in [0.3, 0.4) is 0 Å². The lowest BCUT2D eigenvalue weighted by Gasteiger charge is -2.23. The SMILES string of the molecule is Cc1cc(F)cc(CC[C@H]2Cc3nn(-c4ccccn4)c(NC(=O)C[S+](C)[O-])c3C(=O)N2)c1. The summed E-state index contributed by atoms with van der Waals surface area (Å²) in [6.45, 7) is 1.84. The van der Waals surface area contributed by atoms with E-state index >= 15 is 0 Å².